The zero-order valence-electron chi connectivity index (χ0n) is 17.0. The quantitative estimate of drug-likeness (QED) is 0.787. The molecule has 0 saturated heterocycles. The van der Waals surface area contributed by atoms with Gasteiger partial charge in [-0.25, -0.2) is 9.97 Å². The molecule has 0 atom stereocenters. The molecule has 1 aromatic carbocycles. The Morgan fingerprint density at radius 2 is 1.89 bits per heavy atom. The van der Waals surface area contributed by atoms with Gasteiger partial charge in [0.1, 0.15) is 5.82 Å². The van der Waals surface area contributed by atoms with Crippen LogP contribution in [0.1, 0.15) is 49.8 Å². The van der Waals surface area contributed by atoms with Crippen molar-refractivity contribution in [3.8, 4) is 11.4 Å². The van der Waals surface area contributed by atoms with Crippen molar-refractivity contribution in [2.75, 3.05) is 25.5 Å². The van der Waals surface area contributed by atoms with E-state index >= 15 is 0 Å². The Morgan fingerprint density at radius 1 is 1.14 bits per heavy atom. The van der Waals surface area contributed by atoms with Crippen molar-refractivity contribution in [3.05, 3.63) is 41.6 Å². The fraction of sp³-hybridized carbons (Fsp3) is 0.522. The lowest BCUT2D eigenvalue weighted by atomic mass is 10.00. The summed E-state index contributed by atoms with van der Waals surface area (Å²) in [4.78, 5) is 26.5. The van der Waals surface area contributed by atoms with E-state index in [0.717, 1.165) is 53.8 Å². The van der Waals surface area contributed by atoms with Gasteiger partial charge in [-0.3, -0.25) is 4.79 Å². The molecule has 1 saturated carbocycles. The van der Waals surface area contributed by atoms with Crippen molar-refractivity contribution < 1.29 is 4.79 Å². The first-order valence-corrected chi connectivity index (χ1v) is 10.5. The number of hydrogen-bond donors (Lipinski definition) is 0. The van der Waals surface area contributed by atoms with Crippen LogP contribution in [0, 0.1) is 5.92 Å². The van der Waals surface area contributed by atoms with E-state index in [-0.39, 0.29) is 5.91 Å². The number of benzene rings is 1. The highest BCUT2D eigenvalue weighted by Gasteiger charge is 2.27. The minimum absolute atomic E-state index is 0.286. The molecule has 2 aromatic rings. The normalized spacial score (nSPS) is 16.9. The molecule has 0 spiro atoms. The number of aromatic nitrogens is 2. The molecule has 1 aliphatic heterocycles. The summed E-state index contributed by atoms with van der Waals surface area (Å²) in [6, 6.07) is 10.1. The molecule has 28 heavy (non-hydrogen) atoms. The second kappa shape index (κ2) is 8.29. The SMILES string of the molecule is CN(C)c1nc(-c2ccccc2)nc2c1CN(C(=O)CCC1CCCC1)CC2. The van der Waals surface area contributed by atoms with Crippen LogP contribution in [0.5, 0.6) is 0 Å². The van der Waals surface area contributed by atoms with Gasteiger partial charge in [-0.05, 0) is 12.3 Å². The first kappa shape index (κ1) is 18.9. The smallest absolute Gasteiger partial charge is 0.222 e. The number of anilines is 1. The van der Waals surface area contributed by atoms with Gasteiger partial charge in [0.25, 0.3) is 0 Å². The van der Waals surface area contributed by atoms with Crippen LogP contribution in [0.2, 0.25) is 0 Å². The average molecular weight is 379 g/mol. The second-order valence-electron chi connectivity index (χ2n) is 8.31. The Balaban J connectivity index is 1.53. The van der Waals surface area contributed by atoms with E-state index in [2.05, 4.69) is 0 Å². The lowest BCUT2D eigenvalue weighted by molar-refractivity contribution is -0.132. The van der Waals surface area contributed by atoms with E-state index in [4.69, 9.17) is 9.97 Å². The molecule has 5 nitrogen and oxygen atoms in total. The maximum atomic E-state index is 12.8. The molecule has 5 heteroatoms. The topological polar surface area (TPSA) is 49.3 Å². The molecule has 2 aliphatic rings. The average Bonchev–Trinajstić information content (AvgIpc) is 3.25. The number of fused-ring (bicyclic) bond motifs is 1. The van der Waals surface area contributed by atoms with E-state index in [9.17, 15) is 4.79 Å². The number of nitrogens with zero attached hydrogens (tertiary/aromatic N) is 4. The zero-order valence-corrected chi connectivity index (χ0v) is 17.0. The third-order valence-electron chi connectivity index (χ3n) is 6.09. The Morgan fingerprint density at radius 3 is 2.61 bits per heavy atom. The Bertz CT molecular complexity index is 828. The second-order valence-corrected chi connectivity index (χ2v) is 8.31. The predicted molar refractivity (Wildman–Crippen MR) is 112 cm³/mol. The first-order valence-electron chi connectivity index (χ1n) is 10.5. The van der Waals surface area contributed by atoms with Crippen LogP contribution < -0.4 is 4.90 Å². The molecule has 4 rings (SSSR count). The van der Waals surface area contributed by atoms with Gasteiger partial charge in [0, 0.05) is 44.6 Å². The highest BCUT2D eigenvalue weighted by atomic mass is 16.2. The maximum Gasteiger partial charge on any atom is 0.222 e. The highest BCUT2D eigenvalue weighted by Crippen LogP contribution is 2.31. The largest absolute Gasteiger partial charge is 0.362 e. The van der Waals surface area contributed by atoms with Gasteiger partial charge in [0.15, 0.2) is 5.82 Å². The van der Waals surface area contributed by atoms with Gasteiger partial charge in [-0.2, -0.15) is 0 Å². The molecule has 1 amide bonds. The molecule has 148 valence electrons. The van der Waals surface area contributed by atoms with Gasteiger partial charge < -0.3 is 9.80 Å². The number of hydrogen-bond acceptors (Lipinski definition) is 4. The lowest BCUT2D eigenvalue weighted by Gasteiger charge is -2.31. The molecule has 1 aliphatic carbocycles. The molecule has 0 N–H and O–H groups in total. The van der Waals surface area contributed by atoms with E-state index in [0.29, 0.717) is 13.0 Å². The standard InChI is InChI=1S/C23H30N4O/c1-26(2)23-19-16-27(21(28)13-12-17-8-6-7-9-17)15-14-20(19)24-22(25-23)18-10-4-3-5-11-18/h3-5,10-11,17H,6-9,12-16H2,1-2H3. The van der Waals surface area contributed by atoms with Crippen LogP contribution >= 0.6 is 0 Å². The third kappa shape index (κ3) is 4.03. The van der Waals surface area contributed by atoms with Crippen LogP contribution in [0.3, 0.4) is 0 Å². The molecule has 0 unspecified atom stereocenters. The van der Waals surface area contributed by atoms with Gasteiger partial charge in [0.2, 0.25) is 5.91 Å². The maximum absolute atomic E-state index is 12.8. The van der Waals surface area contributed by atoms with Gasteiger partial charge >= 0.3 is 0 Å². The van der Waals surface area contributed by atoms with Crippen molar-refractivity contribution in [2.24, 2.45) is 5.92 Å². The molecule has 0 radical (unpaired) electrons. The molecular formula is C23H30N4O. The lowest BCUT2D eigenvalue weighted by Crippen LogP contribution is -2.37. The summed E-state index contributed by atoms with van der Waals surface area (Å²) in [6.45, 7) is 1.38. The van der Waals surface area contributed by atoms with Crippen molar-refractivity contribution >= 4 is 11.7 Å². The van der Waals surface area contributed by atoms with Crippen molar-refractivity contribution in [1.82, 2.24) is 14.9 Å². The van der Waals surface area contributed by atoms with Crippen molar-refractivity contribution in [2.45, 2.75) is 51.5 Å². The molecular weight excluding hydrogens is 348 g/mol. The van der Waals surface area contributed by atoms with Gasteiger partial charge in [0.05, 0.1) is 12.2 Å². The highest BCUT2D eigenvalue weighted by molar-refractivity contribution is 5.77. The summed E-state index contributed by atoms with van der Waals surface area (Å²) < 4.78 is 0. The first-order chi connectivity index (χ1) is 13.6. The Kier molecular flexibility index (Phi) is 5.60. The Labute approximate surface area is 167 Å². The molecule has 2 heterocycles. The molecule has 1 fully saturated rings. The van der Waals surface area contributed by atoms with E-state index in [1.807, 2.05) is 54.2 Å². The van der Waals surface area contributed by atoms with Crippen LogP contribution in [-0.4, -0.2) is 41.4 Å². The zero-order chi connectivity index (χ0) is 19.5. The third-order valence-corrected chi connectivity index (χ3v) is 6.09. The van der Waals surface area contributed by atoms with Crippen molar-refractivity contribution in [3.63, 3.8) is 0 Å². The van der Waals surface area contributed by atoms with Crippen LogP contribution in [0.15, 0.2) is 30.3 Å². The van der Waals surface area contributed by atoms with Gasteiger partial charge in [-0.15, -0.1) is 0 Å². The summed E-state index contributed by atoms with van der Waals surface area (Å²) in [5.41, 5.74) is 3.21. The van der Waals surface area contributed by atoms with E-state index in [1.54, 1.807) is 0 Å². The van der Waals surface area contributed by atoms with Crippen LogP contribution in [-0.2, 0) is 17.8 Å². The summed E-state index contributed by atoms with van der Waals surface area (Å²) in [7, 11) is 4.02. The fourth-order valence-electron chi connectivity index (χ4n) is 4.48. The fourth-order valence-corrected chi connectivity index (χ4v) is 4.48. The molecule has 1 aromatic heterocycles. The summed E-state index contributed by atoms with van der Waals surface area (Å²) in [6.07, 6.45) is 7.81. The Hall–Kier alpha value is -2.43. The minimum atomic E-state index is 0.286. The van der Waals surface area contributed by atoms with E-state index in [1.165, 1.54) is 25.7 Å². The summed E-state index contributed by atoms with van der Waals surface area (Å²) >= 11 is 0. The summed E-state index contributed by atoms with van der Waals surface area (Å²) in [5.74, 6) is 2.74. The van der Waals surface area contributed by atoms with Crippen LogP contribution in [0.25, 0.3) is 11.4 Å². The summed E-state index contributed by atoms with van der Waals surface area (Å²) in [5, 5.41) is 0. The predicted octanol–water partition coefficient (Wildman–Crippen LogP) is 4.06. The molecule has 0 bridgehead atoms. The number of carbonyl (C=O) groups excluding carboxylic acids is 1. The number of amides is 1. The monoisotopic (exact) mass is 378 g/mol. The number of rotatable bonds is 5. The van der Waals surface area contributed by atoms with Crippen molar-refractivity contribution in [1.29, 1.82) is 0 Å². The van der Waals surface area contributed by atoms with E-state index < -0.39 is 0 Å². The van der Waals surface area contributed by atoms with Gasteiger partial charge in [-0.1, -0.05) is 56.0 Å². The minimum Gasteiger partial charge on any atom is -0.362 e. The number of carbonyl (C=O) groups is 1. The van der Waals surface area contributed by atoms with Crippen LogP contribution in [0.4, 0.5) is 5.82 Å².